The van der Waals surface area contributed by atoms with Gasteiger partial charge in [0.25, 0.3) is 0 Å². The number of hydrogen-bond donors (Lipinski definition) is 2. The number of anilines is 2. The zero-order valence-corrected chi connectivity index (χ0v) is 14.1. The van der Waals surface area contributed by atoms with Crippen LogP contribution in [0, 0.1) is 5.92 Å². The zero-order valence-electron chi connectivity index (χ0n) is 13.4. The molecule has 0 unspecified atom stereocenters. The summed E-state index contributed by atoms with van der Waals surface area (Å²) in [5.74, 6) is 0.465. The van der Waals surface area contributed by atoms with Crippen LogP contribution >= 0.6 is 11.6 Å². The van der Waals surface area contributed by atoms with Crippen LogP contribution in [0.1, 0.15) is 19.8 Å². The summed E-state index contributed by atoms with van der Waals surface area (Å²) in [6.07, 6.45) is 1.98. The Labute approximate surface area is 137 Å². The molecule has 1 aliphatic rings. The molecule has 0 aromatic heterocycles. The summed E-state index contributed by atoms with van der Waals surface area (Å²) >= 11 is 6.21. The fourth-order valence-electron chi connectivity index (χ4n) is 2.77. The number of ether oxygens (including phenoxy) is 1. The van der Waals surface area contributed by atoms with E-state index in [4.69, 9.17) is 16.3 Å². The molecule has 1 saturated heterocycles. The number of halogens is 1. The molecule has 6 heteroatoms. The van der Waals surface area contributed by atoms with E-state index in [0.717, 1.165) is 31.7 Å². The first-order valence-corrected chi connectivity index (χ1v) is 7.98. The molecular formula is C16H24ClN3O2. The first-order chi connectivity index (χ1) is 10.5. The van der Waals surface area contributed by atoms with E-state index < -0.39 is 0 Å². The van der Waals surface area contributed by atoms with E-state index in [1.807, 2.05) is 44.1 Å². The average molecular weight is 326 g/mol. The Kier molecular flexibility index (Phi) is 5.91. The van der Waals surface area contributed by atoms with Gasteiger partial charge in [-0.15, -0.1) is 0 Å². The van der Waals surface area contributed by atoms with Crippen molar-refractivity contribution in [1.82, 2.24) is 5.32 Å². The first-order valence-electron chi connectivity index (χ1n) is 7.60. The molecule has 0 saturated carbocycles. The van der Waals surface area contributed by atoms with Gasteiger partial charge >= 0.3 is 6.03 Å². The highest BCUT2D eigenvalue weighted by atomic mass is 35.5. The topological polar surface area (TPSA) is 53.6 Å². The SMILES string of the molecule is C[C@@H](NC(=O)Nc1cccc(Cl)c1N(C)C)C1CCOCC1. The quantitative estimate of drug-likeness (QED) is 0.892. The van der Waals surface area contributed by atoms with Gasteiger partial charge in [-0.05, 0) is 37.8 Å². The van der Waals surface area contributed by atoms with E-state index >= 15 is 0 Å². The third kappa shape index (κ3) is 4.27. The van der Waals surface area contributed by atoms with Gasteiger partial charge in [0, 0.05) is 33.4 Å². The Balaban J connectivity index is 1.98. The third-order valence-electron chi connectivity index (χ3n) is 4.01. The molecule has 0 bridgehead atoms. The third-order valence-corrected chi connectivity index (χ3v) is 4.32. The minimum absolute atomic E-state index is 0.117. The van der Waals surface area contributed by atoms with Gasteiger partial charge in [0.1, 0.15) is 0 Å². The van der Waals surface area contributed by atoms with Crippen molar-refractivity contribution in [3.05, 3.63) is 23.2 Å². The number of benzene rings is 1. The second-order valence-electron chi connectivity index (χ2n) is 5.87. The smallest absolute Gasteiger partial charge is 0.319 e. The number of nitrogens with zero attached hydrogens (tertiary/aromatic N) is 1. The number of nitrogens with one attached hydrogen (secondary N) is 2. The molecule has 2 amide bonds. The summed E-state index contributed by atoms with van der Waals surface area (Å²) in [6, 6.07) is 5.40. The Hall–Kier alpha value is -1.46. The molecule has 1 aromatic carbocycles. The predicted octanol–water partition coefficient (Wildman–Crippen LogP) is 3.34. The van der Waals surface area contributed by atoms with E-state index in [0.29, 0.717) is 16.6 Å². The minimum atomic E-state index is -0.204. The molecule has 2 N–H and O–H groups in total. The number of para-hydroxylation sites is 1. The van der Waals surface area contributed by atoms with Crippen molar-refractivity contribution in [2.75, 3.05) is 37.5 Å². The predicted molar refractivity (Wildman–Crippen MR) is 90.9 cm³/mol. The molecule has 1 atom stereocenters. The molecule has 5 nitrogen and oxygen atoms in total. The summed E-state index contributed by atoms with van der Waals surface area (Å²) in [5, 5.41) is 6.52. The van der Waals surface area contributed by atoms with Crippen LogP contribution in [0.25, 0.3) is 0 Å². The van der Waals surface area contributed by atoms with Crippen molar-refractivity contribution in [1.29, 1.82) is 0 Å². The number of amides is 2. The van der Waals surface area contributed by atoms with Gasteiger partial charge < -0.3 is 20.3 Å². The normalized spacial score (nSPS) is 16.9. The number of carbonyl (C=O) groups is 1. The van der Waals surface area contributed by atoms with Crippen LogP contribution in [-0.4, -0.2) is 39.4 Å². The van der Waals surface area contributed by atoms with Crippen LogP contribution in [0.2, 0.25) is 5.02 Å². The zero-order chi connectivity index (χ0) is 16.1. The van der Waals surface area contributed by atoms with Crippen LogP contribution in [0.4, 0.5) is 16.2 Å². The summed E-state index contributed by atoms with van der Waals surface area (Å²) in [4.78, 5) is 14.1. The molecule has 0 radical (unpaired) electrons. The summed E-state index contributed by atoms with van der Waals surface area (Å²) in [6.45, 7) is 3.59. The van der Waals surface area contributed by atoms with Crippen LogP contribution in [0.15, 0.2) is 18.2 Å². The minimum Gasteiger partial charge on any atom is -0.381 e. The van der Waals surface area contributed by atoms with E-state index in [1.54, 1.807) is 0 Å². The number of urea groups is 1. The van der Waals surface area contributed by atoms with Crippen LogP contribution in [-0.2, 0) is 4.74 Å². The van der Waals surface area contributed by atoms with Gasteiger partial charge in [0.05, 0.1) is 16.4 Å². The Morgan fingerprint density at radius 1 is 1.36 bits per heavy atom. The first kappa shape index (κ1) is 16.9. The second-order valence-corrected chi connectivity index (χ2v) is 6.27. The lowest BCUT2D eigenvalue weighted by Crippen LogP contribution is -2.42. The molecule has 1 heterocycles. The highest BCUT2D eigenvalue weighted by Crippen LogP contribution is 2.32. The largest absolute Gasteiger partial charge is 0.381 e. The number of hydrogen-bond acceptors (Lipinski definition) is 3. The Morgan fingerprint density at radius 3 is 2.68 bits per heavy atom. The molecule has 0 aliphatic carbocycles. The van der Waals surface area contributed by atoms with Crippen molar-refractivity contribution in [2.24, 2.45) is 5.92 Å². The maximum absolute atomic E-state index is 12.2. The molecule has 2 rings (SSSR count). The van der Waals surface area contributed by atoms with Crippen molar-refractivity contribution in [2.45, 2.75) is 25.8 Å². The van der Waals surface area contributed by atoms with Gasteiger partial charge in [0.2, 0.25) is 0 Å². The average Bonchev–Trinajstić information content (AvgIpc) is 2.47. The maximum atomic E-state index is 12.2. The van der Waals surface area contributed by atoms with Crippen molar-refractivity contribution in [3.63, 3.8) is 0 Å². The number of rotatable bonds is 4. The van der Waals surface area contributed by atoms with Crippen LogP contribution in [0.3, 0.4) is 0 Å². The molecule has 0 spiro atoms. The maximum Gasteiger partial charge on any atom is 0.319 e. The summed E-state index contributed by atoms with van der Waals surface area (Å²) in [7, 11) is 3.80. The molecular weight excluding hydrogens is 302 g/mol. The fourth-order valence-corrected chi connectivity index (χ4v) is 3.11. The standard InChI is InChI=1S/C16H24ClN3O2/c1-11(12-7-9-22-10-8-12)18-16(21)19-14-6-4-5-13(17)15(14)20(2)3/h4-6,11-12H,7-10H2,1-3H3,(H2,18,19,21)/t11-/m1/s1. The van der Waals surface area contributed by atoms with Crippen molar-refractivity contribution >= 4 is 29.0 Å². The van der Waals surface area contributed by atoms with E-state index in [-0.39, 0.29) is 12.1 Å². The lowest BCUT2D eigenvalue weighted by atomic mass is 9.93. The fraction of sp³-hybridized carbons (Fsp3) is 0.562. The van der Waals surface area contributed by atoms with Gasteiger partial charge in [-0.3, -0.25) is 0 Å². The van der Waals surface area contributed by atoms with Gasteiger partial charge in [-0.1, -0.05) is 17.7 Å². The monoisotopic (exact) mass is 325 g/mol. The summed E-state index contributed by atoms with van der Waals surface area (Å²) in [5.41, 5.74) is 1.51. The van der Waals surface area contributed by atoms with Gasteiger partial charge in [-0.25, -0.2) is 4.79 Å². The van der Waals surface area contributed by atoms with Crippen molar-refractivity contribution in [3.8, 4) is 0 Å². The Morgan fingerprint density at radius 2 is 2.05 bits per heavy atom. The van der Waals surface area contributed by atoms with Crippen molar-refractivity contribution < 1.29 is 9.53 Å². The summed E-state index contributed by atoms with van der Waals surface area (Å²) < 4.78 is 5.36. The highest BCUT2D eigenvalue weighted by Gasteiger charge is 2.22. The van der Waals surface area contributed by atoms with Crippen LogP contribution in [0.5, 0.6) is 0 Å². The van der Waals surface area contributed by atoms with E-state index in [1.165, 1.54) is 0 Å². The van der Waals surface area contributed by atoms with E-state index in [2.05, 4.69) is 10.6 Å². The van der Waals surface area contributed by atoms with E-state index in [9.17, 15) is 4.79 Å². The van der Waals surface area contributed by atoms with Gasteiger partial charge in [-0.2, -0.15) is 0 Å². The molecule has 1 fully saturated rings. The molecule has 1 aliphatic heterocycles. The highest BCUT2D eigenvalue weighted by molar-refractivity contribution is 6.34. The van der Waals surface area contributed by atoms with Crippen LogP contribution < -0.4 is 15.5 Å². The lowest BCUT2D eigenvalue weighted by molar-refractivity contribution is 0.0573. The lowest BCUT2D eigenvalue weighted by Gasteiger charge is -2.28. The molecule has 22 heavy (non-hydrogen) atoms. The second kappa shape index (κ2) is 7.70. The number of carbonyl (C=O) groups excluding carboxylic acids is 1. The molecule has 1 aromatic rings. The Bertz CT molecular complexity index is 516. The van der Waals surface area contributed by atoms with Gasteiger partial charge in [0.15, 0.2) is 0 Å². The molecule has 122 valence electrons.